The van der Waals surface area contributed by atoms with E-state index in [4.69, 9.17) is 0 Å². The second kappa shape index (κ2) is 8.30. The van der Waals surface area contributed by atoms with Crippen molar-refractivity contribution >= 4 is 56.5 Å². The van der Waals surface area contributed by atoms with Gasteiger partial charge in [-0.3, -0.25) is 10.1 Å². The minimum Gasteiger partial charge on any atom is -0.298 e. The molecule has 0 fully saturated rings. The van der Waals surface area contributed by atoms with Gasteiger partial charge in [0.05, 0.1) is 4.90 Å². The molecule has 0 aliphatic carbocycles. The number of aryl methyl sites for hydroxylation is 1. The van der Waals surface area contributed by atoms with Crippen LogP contribution in [0.4, 0.5) is 5.13 Å². The molecule has 1 aromatic heterocycles. The molecule has 0 aliphatic rings. The van der Waals surface area contributed by atoms with Crippen molar-refractivity contribution in [1.29, 1.82) is 0 Å². The second-order valence-corrected chi connectivity index (χ2v) is 9.58. The molecular weight excluding hydrogens is 412 g/mol. The van der Waals surface area contributed by atoms with Gasteiger partial charge in [0.1, 0.15) is 0 Å². The van der Waals surface area contributed by atoms with Crippen molar-refractivity contribution in [2.75, 3.05) is 11.6 Å². The molecule has 0 spiro atoms. The van der Waals surface area contributed by atoms with E-state index in [1.165, 1.54) is 23.5 Å². The maximum atomic E-state index is 12.9. The number of carbonyl (C=O) groups excluding carboxylic acids is 1. The SMILES string of the molecule is Cc1cc(/C=C(/C(=O)Nc2nccs2)c2ccc(S(C)(=O)=O)cc2)ccc1S. The quantitative estimate of drug-likeness (QED) is 0.359. The highest BCUT2D eigenvalue weighted by Crippen LogP contribution is 2.24. The van der Waals surface area contributed by atoms with Crippen LogP contribution in [0.5, 0.6) is 0 Å². The Morgan fingerprint density at radius 2 is 1.89 bits per heavy atom. The highest BCUT2D eigenvalue weighted by molar-refractivity contribution is 7.90. The van der Waals surface area contributed by atoms with Crippen LogP contribution in [0.1, 0.15) is 16.7 Å². The zero-order valence-electron chi connectivity index (χ0n) is 15.2. The maximum Gasteiger partial charge on any atom is 0.258 e. The average Bonchev–Trinajstić information content (AvgIpc) is 3.15. The minimum absolute atomic E-state index is 0.200. The van der Waals surface area contributed by atoms with Gasteiger partial charge in [-0.05, 0) is 47.9 Å². The van der Waals surface area contributed by atoms with Gasteiger partial charge in [-0.2, -0.15) is 0 Å². The summed E-state index contributed by atoms with van der Waals surface area (Å²) in [5.74, 6) is -0.324. The van der Waals surface area contributed by atoms with Crippen molar-refractivity contribution in [2.45, 2.75) is 16.7 Å². The Balaban J connectivity index is 2.04. The van der Waals surface area contributed by atoms with E-state index in [-0.39, 0.29) is 10.8 Å². The van der Waals surface area contributed by atoms with E-state index in [9.17, 15) is 13.2 Å². The molecule has 2 aromatic carbocycles. The molecule has 0 saturated heterocycles. The molecule has 5 nitrogen and oxygen atoms in total. The fraction of sp³-hybridized carbons (Fsp3) is 0.100. The molecule has 3 aromatic rings. The Kier molecular flexibility index (Phi) is 6.02. The lowest BCUT2D eigenvalue weighted by molar-refractivity contribution is -0.111. The summed E-state index contributed by atoms with van der Waals surface area (Å²) in [5.41, 5.74) is 2.84. The van der Waals surface area contributed by atoms with E-state index in [1.807, 2.05) is 25.1 Å². The van der Waals surface area contributed by atoms with Crippen LogP contribution in [0.2, 0.25) is 0 Å². The summed E-state index contributed by atoms with van der Waals surface area (Å²) in [6.07, 6.45) is 4.52. The molecule has 1 amide bonds. The number of carbonyl (C=O) groups is 1. The fourth-order valence-electron chi connectivity index (χ4n) is 2.55. The van der Waals surface area contributed by atoms with Crippen molar-refractivity contribution in [1.82, 2.24) is 4.98 Å². The highest BCUT2D eigenvalue weighted by atomic mass is 32.2. The standard InChI is InChI=1S/C20H18N2O3S3/c1-13-11-14(3-8-18(13)26)12-17(19(23)22-20-21-9-10-27-20)15-4-6-16(7-5-15)28(2,24)25/h3-12,26H,1-2H3,(H,21,22,23)/b17-12+. The topological polar surface area (TPSA) is 76.1 Å². The molecule has 0 unspecified atom stereocenters. The van der Waals surface area contributed by atoms with Crippen molar-refractivity contribution < 1.29 is 13.2 Å². The molecule has 0 saturated carbocycles. The number of sulfone groups is 1. The minimum atomic E-state index is -3.31. The predicted molar refractivity (Wildman–Crippen MR) is 117 cm³/mol. The molecule has 144 valence electrons. The predicted octanol–water partition coefficient (Wildman–Crippen LogP) is 4.32. The molecule has 8 heteroatoms. The van der Waals surface area contributed by atoms with E-state index >= 15 is 0 Å². The molecule has 0 bridgehead atoms. The molecular formula is C20H18N2O3S3. The first-order chi connectivity index (χ1) is 13.2. The van der Waals surface area contributed by atoms with E-state index in [0.717, 1.165) is 22.3 Å². The second-order valence-electron chi connectivity index (χ2n) is 6.19. The van der Waals surface area contributed by atoms with Crippen molar-refractivity contribution in [3.63, 3.8) is 0 Å². The molecule has 28 heavy (non-hydrogen) atoms. The number of aromatic nitrogens is 1. The highest BCUT2D eigenvalue weighted by Gasteiger charge is 2.15. The van der Waals surface area contributed by atoms with E-state index in [0.29, 0.717) is 16.3 Å². The Morgan fingerprint density at radius 3 is 2.46 bits per heavy atom. The third-order valence-electron chi connectivity index (χ3n) is 4.02. The Labute approximate surface area is 173 Å². The van der Waals surface area contributed by atoms with Crippen LogP contribution in [-0.4, -0.2) is 25.6 Å². The largest absolute Gasteiger partial charge is 0.298 e. The summed E-state index contributed by atoms with van der Waals surface area (Å²) in [6.45, 7) is 1.94. The van der Waals surface area contributed by atoms with Gasteiger partial charge in [0.15, 0.2) is 15.0 Å². The number of hydrogen-bond donors (Lipinski definition) is 2. The average molecular weight is 431 g/mol. The number of hydrogen-bond acceptors (Lipinski definition) is 6. The van der Waals surface area contributed by atoms with Gasteiger partial charge in [0.25, 0.3) is 5.91 Å². The summed E-state index contributed by atoms with van der Waals surface area (Å²) in [5, 5.41) is 5.04. The monoisotopic (exact) mass is 430 g/mol. The third-order valence-corrected chi connectivity index (χ3v) is 6.34. The summed E-state index contributed by atoms with van der Waals surface area (Å²) in [7, 11) is -3.31. The number of nitrogens with zero attached hydrogens (tertiary/aromatic N) is 1. The molecule has 0 radical (unpaired) electrons. The summed E-state index contributed by atoms with van der Waals surface area (Å²) in [4.78, 5) is 18.0. The summed E-state index contributed by atoms with van der Waals surface area (Å²) in [6, 6.07) is 11.9. The lowest BCUT2D eigenvalue weighted by atomic mass is 10.0. The lowest BCUT2D eigenvalue weighted by Gasteiger charge is -2.10. The van der Waals surface area contributed by atoms with Crippen molar-refractivity contribution in [3.05, 3.63) is 70.7 Å². The van der Waals surface area contributed by atoms with Crippen LogP contribution in [0.3, 0.4) is 0 Å². The third kappa shape index (κ3) is 4.89. The Bertz CT molecular complexity index is 1130. The number of amides is 1. The van der Waals surface area contributed by atoms with Crippen LogP contribution in [0.15, 0.2) is 63.8 Å². The van der Waals surface area contributed by atoms with Gasteiger partial charge in [-0.1, -0.05) is 24.3 Å². The van der Waals surface area contributed by atoms with Crippen LogP contribution in [0, 0.1) is 6.92 Å². The maximum absolute atomic E-state index is 12.9. The van der Waals surface area contributed by atoms with Crippen LogP contribution < -0.4 is 5.32 Å². The Morgan fingerprint density at radius 1 is 1.18 bits per heavy atom. The fourth-order valence-corrected chi connectivity index (χ4v) is 3.84. The number of thiazole rings is 1. The molecule has 1 N–H and O–H groups in total. The number of nitrogens with one attached hydrogen (secondary N) is 1. The van der Waals surface area contributed by atoms with E-state index in [1.54, 1.807) is 29.8 Å². The smallest absolute Gasteiger partial charge is 0.258 e. The number of thiol groups is 1. The van der Waals surface area contributed by atoms with E-state index in [2.05, 4.69) is 22.9 Å². The van der Waals surface area contributed by atoms with Crippen LogP contribution in [0.25, 0.3) is 11.6 Å². The molecule has 0 atom stereocenters. The zero-order valence-corrected chi connectivity index (χ0v) is 17.7. The molecule has 1 heterocycles. The lowest BCUT2D eigenvalue weighted by Crippen LogP contribution is -2.13. The number of benzene rings is 2. The zero-order chi connectivity index (χ0) is 20.3. The van der Waals surface area contributed by atoms with Crippen LogP contribution in [-0.2, 0) is 14.6 Å². The first kappa shape index (κ1) is 20.3. The van der Waals surface area contributed by atoms with Gasteiger partial charge in [-0.15, -0.1) is 24.0 Å². The molecule has 3 rings (SSSR count). The van der Waals surface area contributed by atoms with Crippen LogP contribution >= 0.6 is 24.0 Å². The van der Waals surface area contributed by atoms with Crippen molar-refractivity contribution in [2.24, 2.45) is 0 Å². The van der Waals surface area contributed by atoms with Gasteiger partial charge >= 0.3 is 0 Å². The first-order valence-corrected chi connectivity index (χ1v) is 11.5. The number of anilines is 1. The Hall–Kier alpha value is -2.42. The molecule has 0 aliphatic heterocycles. The first-order valence-electron chi connectivity index (χ1n) is 8.27. The van der Waals surface area contributed by atoms with Gasteiger partial charge in [-0.25, -0.2) is 13.4 Å². The van der Waals surface area contributed by atoms with Gasteiger partial charge in [0.2, 0.25) is 0 Å². The normalized spacial score (nSPS) is 12.0. The summed E-state index contributed by atoms with van der Waals surface area (Å²) >= 11 is 5.70. The van der Waals surface area contributed by atoms with E-state index < -0.39 is 9.84 Å². The van der Waals surface area contributed by atoms with Crippen molar-refractivity contribution in [3.8, 4) is 0 Å². The van der Waals surface area contributed by atoms with Gasteiger partial charge in [0, 0.05) is 28.3 Å². The summed E-state index contributed by atoms with van der Waals surface area (Å²) < 4.78 is 23.4. The van der Waals surface area contributed by atoms with Gasteiger partial charge < -0.3 is 0 Å². The number of rotatable bonds is 5.